The molecule has 2 rings (SSSR count). The van der Waals surface area contributed by atoms with Crippen molar-refractivity contribution in [3.05, 3.63) is 24.3 Å². The van der Waals surface area contributed by atoms with E-state index >= 15 is 0 Å². The number of rotatable bonds is 7. The second-order valence-electron chi connectivity index (χ2n) is 6.74. The van der Waals surface area contributed by atoms with E-state index in [4.69, 9.17) is 9.88 Å². The molecule has 0 heterocycles. The third-order valence-corrected chi connectivity index (χ3v) is 5.44. The van der Waals surface area contributed by atoms with Gasteiger partial charge in [0.15, 0.2) is 6.10 Å². The topological polar surface area (TPSA) is 145 Å². The van der Waals surface area contributed by atoms with Gasteiger partial charge in [-0.25, -0.2) is 13.6 Å². The van der Waals surface area contributed by atoms with Crippen molar-refractivity contribution in [3.63, 3.8) is 0 Å². The van der Waals surface area contributed by atoms with Gasteiger partial charge >= 0.3 is 5.97 Å². The fraction of sp³-hybridized carbons (Fsp3) is 0.500. The summed E-state index contributed by atoms with van der Waals surface area (Å²) in [7, 11) is -3.82. The van der Waals surface area contributed by atoms with Crippen molar-refractivity contribution >= 4 is 33.5 Å². The minimum atomic E-state index is -3.82. The van der Waals surface area contributed by atoms with Crippen LogP contribution in [-0.4, -0.2) is 38.9 Å². The molecule has 0 bridgehead atoms. The molecule has 9 nitrogen and oxygen atoms in total. The van der Waals surface area contributed by atoms with Crippen molar-refractivity contribution in [2.24, 2.45) is 11.1 Å². The Labute approximate surface area is 164 Å². The summed E-state index contributed by atoms with van der Waals surface area (Å²) in [5, 5.41) is 10.1. The van der Waals surface area contributed by atoms with Crippen molar-refractivity contribution in [3.8, 4) is 0 Å². The minimum Gasteiger partial charge on any atom is -0.451 e. The first-order valence-electron chi connectivity index (χ1n) is 9.08. The number of primary sulfonamides is 1. The van der Waals surface area contributed by atoms with Crippen molar-refractivity contribution in [2.45, 2.75) is 50.0 Å². The molecular weight excluding hydrogens is 386 g/mol. The number of sulfonamides is 1. The lowest BCUT2D eigenvalue weighted by Gasteiger charge is -2.20. The number of benzene rings is 1. The number of amides is 2. The highest BCUT2D eigenvalue weighted by Crippen LogP contribution is 2.23. The van der Waals surface area contributed by atoms with E-state index in [0.29, 0.717) is 5.69 Å². The summed E-state index contributed by atoms with van der Waals surface area (Å²) in [4.78, 5) is 35.9. The zero-order valence-corrected chi connectivity index (χ0v) is 16.5. The van der Waals surface area contributed by atoms with Crippen LogP contribution in [0.1, 0.15) is 39.0 Å². The normalized spacial score (nSPS) is 16.1. The lowest BCUT2D eigenvalue weighted by molar-refractivity contribution is -0.153. The number of ether oxygens (including phenoxy) is 1. The van der Waals surface area contributed by atoms with Gasteiger partial charge in [0.2, 0.25) is 15.9 Å². The summed E-state index contributed by atoms with van der Waals surface area (Å²) in [6.45, 7) is 1.10. The van der Waals surface area contributed by atoms with Gasteiger partial charge in [-0.2, -0.15) is 0 Å². The van der Waals surface area contributed by atoms with E-state index in [0.717, 1.165) is 32.1 Å². The summed E-state index contributed by atoms with van der Waals surface area (Å²) in [5.41, 5.74) is 0.325. The molecule has 1 fully saturated rings. The van der Waals surface area contributed by atoms with Crippen LogP contribution in [0.2, 0.25) is 0 Å². The average Bonchev–Trinajstić information content (AvgIpc) is 2.66. The molecule has 0 aromatic heterocycles. The molecular formula is C18H25N3O6S. The molecule has 1 aliphatic carbocycles. The maximum absolute atomic E-state index is 12.1. The molecule has 0 aliphatic heterocycles. The third kappa shape index (κ3) is 6.61. The smallest absolute Gasteiger partial charge is 0.326 e. The maximum Gasteiger partial charge on any atom is 0.326 e. The largest absolute Gasteiger partial charge is 0.451 e. The van der Waals surface area contributed by atoms with E-state index in [2.05, 4.69) is 10.6 Å². The fourth-order valence-corrected chi connectivity index (χ4v) is 3.45. The van der Waals surface area contributed by atoms with Gasteiger partial charge in [0.25, 0.3) is 5.91 Å². The Hall–Kier alpha value is -2.46. The Kier molecular flexibility index (Phi) is 7.53. The van der Waals surface area contributed by atoms with Gasteiger partial charge in [-0.05, 0) is 44.0 Å². The summed E-state index contributed by atoms with van der Waals surface area (Å²) in [6.07, 6.45) is 3.71. The van der Waals surface area contributed by atoms with Gasteiger partial charge < -0.3 is 15.4 Å². The van der Waals surface area contributed by atoms with Crippen LogP contribution >= 0.6 is 0 Å². The maximum atomic E-state index is 12.1. The van der Waals surface area contributed by atoms with Crippen LogP contribution in [0.4, 0.5) is 5.69 Å². The monoisotopic (exact) mass is 411 g/mol. The Morgan fingerprint density at radius 3 is 2.32 bits per heavy atom. The van der Waals surface area contributed by atoms with Crippen LogP contribution in [0.15, 0.2) is 29.2 Å². The lowest BCUT2D eigenvalue weighted by atomic mass is 9.89. The summed E-state index contributed by atoms with van der Waals surface area (Å²) < 4.78 is 27.4. The van der Waals surface area contributed by atoms with E-state index in [9.17, 15) is 22.8 Å². The molecule has 0 spiro atoms. The van der Waals surface area contributed by atoms with Crippen LogP contribution in [-0.2, 0) is 29.1 Å². The van der Waals surface area contributed by atoms with Gasteiger partial charge in [0.05, 0.1) is 4.90 Å². The second-order valence-corrected chi connectivity index (χ2v) is 8.30. The van der Waals surface area contributed by atoms with Crippen LogP contribution in [0.25, 0.3) is 0 Å². The molecule has 0 unspecified atom stereocenters. The Balaban J connectivity index is 1.77. The fourth-order valence-electron chi connectivity index (χ4n) is 2.93. The molecule has 1 aromatic carbocycles. The lowest BCUT2D eigenvalue weighted by Crippen LogP contribution is -2.38. The number of esters is 1. The summed E-state index contributed by atoms with van der Waals surface area (Å²) >= 11 is 0. The average molecular weight is 411 g/mol. The van der Waals surface area contributed by atoms with E-state index in [1.54, 1.807) is 0 Å². The first kappa shape index (κ1) is 21.8. The molecule has 1 saturated carbocycles. The molecule has 28 heavy (non-hydrogen) atoms. The number of nitrogens with one attached hydrogen (secondary N) is 2. The second kappa shape index (κ2) is 9.65. The Morgan fingerprint density at radius 1 is 1.14 bits per heavy atom. The number of anilines is 1. The molecule has 1 atom stereocenters. The number of hydrogen-bond acceptors (Lipinski definition) is 6. The number of hydrogen-bond donors (Lipinski definition) is 3. The molecule has 10 heteroatoms. The van der Waals surface area contributed by atoms with Crippen molar-refractivity contribution < 1.29 is 27.5 Å². The standard InChI is InChI=1S/C18H25N3O6S/c1-12(17(23)21-14-7-9-15(10-8-14)28(19,25)26)27-16(22)11-20-18(24)13-5-3-2-4-6-13/h7-10,12-13H,2-6,11H2,1H3,(H,20,24)(H,21,23)(H2,19,25,26)/t12-/m0/s1. The van der Waals surface area contributed by atoms with Crippen LogP contribution in [0, 0.1) is 5.92 Å². The highest BCUT2D eigenvalue weighted by Gasteiger charge is 2.23. The molecule has 2 amide bonds. The van der Waals surface area contributed by atoms with Gasteiger partial charge in [0, 0.05) is 11.6 Å². The third-order valence-electron chi connectivity index (χ3n) is 4.51. The summed E-state index contributed by atoms with van der Waals surface area (Å²) in [5.74, 6) is -1.53. The minimum absolute atomic E-state index is 0.0671. The highest BCUT2D eigenvalue weighted by molar-refractivity contribution is 7.89. The van der Waals surface area contributed by atoms with Gasteiger partial charge in [-0.15, -0.1) is 0 Å². The van der Waals surface area contributed by atoms with Crippen LogP contribution in [0.3, 0.4) is 0 Å². The molecule has 0 saturated heterocycles. The predicted molar refractivity (Wildman–Crippen MR) is 102 cm³/mol. The number of nitrogens with two attached hydrogens (primary N) is 1. The molecule has 4 N–H and O–H groups in total. The zero-order valence-electron chi connectivity index (χ0n) is 15.6. The molecule has 0 radical (unpaired) electrons. The van der Waals surface area contributed by atoms with E-state index < -0.39 is 28.0 Å². The van der Waals surface area contributed by atoms with Crippen LogP contribution < -0.4 is 15.8 Å². The first-order valence-corrected chi connectivity index (χ1v) is 10.6. The first-order chi connectivity index (χ1) is 13.2. The zero-order chi connectivity index (χ0) is 20.7. The Bertz CT molecular complexity index is 816. The van der Waals surface area contributed by atoms with Crippen LogP contribution in [0.5, 0.6) is 0 Å². The Morgan fingerprint density at radius 2 is 1.75 bits per heavy atom. The van der Waals surface area contributed by atoms with Crippen molar-refractivity contribution in [1.29, 1.82) is 0 Å². The van der Waals surface area contributed by atoms with Gasteiger partial charge in [-0.3, -0.25) is 14.4 Å². The van der Waals surface area contributed by atoms with E-state index in [1.165, 1.54) is 31.2 Å². The molecule has 154 valence electrons. The van der Waals surface area contributed by atoms with Crippen molar-refractivity contribution in [2.75, 3.05) is 11.9 Å². The summed E-state index contributed by atoms with van der Waals surface area (Å²) in [6, 6.07) is 5.25. The van der Waals surface area contributed by atoms with E-state index in [1.807, 2.05) is 0 Å². The van der Waals surface area contributed by atoms with Gasteiger partial charge in [-0.1, -0.05) is 19.3 Å². The van der Waals surface area contributed by atoms with Crippen molar-refractivity contribution in [1.82, 2.24) is 5.32 Å². The SMILES string of the molecule is C[C@H](OC(=O)CNC(=O)C1CCCCC1)C(=O)Nc1ccc(S(N)(=O)=O)cc1. The number of carbonyl (C=O) groups excluding carboxylic acids is 3. The number of carbonyl (C=O) groups is 3. The van der Waals surface area contributed by atoms with E-state index in [-0.39, 0.29) is 23.3 Å². The predicted octanol–water partition coefficient (Wildman–Crippen LogP) is 0.901. The van der Waals surface area contributed by atoms with Gasteiger partial charge in [0.1, 0.15) is 6.54 Å². The molecule has 1 aliphatic rings. The molecule has 1 aromatic rings. The quantitative estimate of drug-likeness (QED) is 0.569. The highest BCUT2D eigenvalue weighted by atomic mass is 32.2.